The smallest absolute Gasteiger partial charge is 0.243 e. The molecule has 1 amide bonds. The fourth-order valence-electron chi connectivity index (χ4n) is 1.36. The summed E-state index contributed by atoms with van der Waals surface area (Å²) in [4.78, 5) is 13.3. The lowest BCUT2D eigenvalue weighted by Gasteiger charge is -2.20. The summed E-state index contributed by atoms with van der Waals surface area (Å²) in [5.74, 6) is -0.248. The van der Waals surface area contributed by atoms with Crippen LogP contribution in [0.5, 0.6) is 0 Å². The first kappa shape index (κ1) is 15.9. The average molecular weight is 305 g/mol. The molecular formula is C12H17ClN2O3S. The number of benzene rings is 1. The van der Waals surface area contributed by atoms with Crippen LogP contribution in [0.3, 0.4) is 0 Å². The molecule has 7 heteroatoms. The van der Waals surface area contributed by atoms with E-state index in [9.17, 15) is 13.2 Å². The van der Waals surface area contributed by atoms with Crippen molar-refractivity contribution >= 4 is 27.5 Å². The molecule has 106 valence electrons. The quantitative estimate of drug-likeness (QED) is 0.827. The van der Waals surface area contributed by atoms with Crippen molar-refractivity contribution in [3.63, 3.8) is 0 Å². The van der Waals surface area contributed by atoms with Crippen LogP contribution in [-0.4, -0.2) is 50.7 Å². The first-order valence-electron chi connectivity index (χ1n) is 5.75. The molecule has 0 aromatic heterocycles. The number of hydrogen-bond acceptors (Lipinski definition) is 3. The van der Waals surface area contributed by atoms with Crippen molar-refractivity contribution in [2.24, 2.45) is 0 Å². The molecule has 0 aliphatic heterocycles. The third kappa shape index (κ3) is 3.92. The molecule has 1 rings (SSSR count). The second-order valence-corrected chi connectivity index (χ2v) is 6.60. The summed E-state index contributed by atoms with van der Waals surface area (Å²) in [7, 11) is -0.655. The second-order valence-electron chi connectivity index (χ2n) is 4.12. The zero-order valence-electron chi connectivity index (χ0n) is 11.1. The van der Waals surface area contributed by atoms with Gasteiger partial charge in [-0.3, -0.25) is 4.79 Å². The lowest BCUT2D eigenvalue weighted by Crippen LogP contribution is -2.39. The minimum absolute atomic E-state index is 0.117. The largest absolute Gasteiger partial charge is 0.345 e. The predicted molar refractivity (Wildman–Crippen MR) is 74.6 cm³/mol. The van der Waals surface area contributed by atoms with Gasteiger partial charge in [-0.15, -0.1) is 0 Å². The van der Waals surface area contributed by atoms with Crippen molar-refractivity contribution in [3.05, 3.63) is 29.3 Å². The van der Waals surface area contributed by atoms with Crippen molar-refractivity contribution in [2.45, 2.75) is 11.8 Å². The molecule has 0 atom stereocenters. The molecule has 0 saturated heterocycles. The van der Waals surface area contributed by atoms with Gasteiger partial charge < -0.3 is 4.90 Å². The summed E-state index contributed by atoms with van der Waals surface area (Å²) < 4.78 is 25.4. The highest BCUT2D eigenvalue weighted by Crippen LogP contribution is 2.17. The van der Waals surface area contributed by atoms with E-state index in [2.05, 4.69) is 0 Å². The van der Waals surface area contributed by atoms with Crippen molar-refractivity contribution < 1.29 is 13.2 Å². The number of hydrogen-bond donors (Lipinski definition) is 0. The fraction of sp³-hybridized carbons (Fsp3) is 0.417. The number of carbonyl (C=O) groups is 1. The Hall–Kier alpha value is -1.11. The van der Waals surface area contributed by atoms with E-state index in [0.717, 1.165) is 4.31 Å². The molecule has 1 aromatic rings. The van der Waals surface area contributed by atoms with Gasteiger partial charge in [-0.25, -0.2) is 8.42 Å². The van der Waals surface area contributed by atoms with Crippen molar-refractivity contribution in [1.29, 1.82) is 0 Å². The van der Waals surface area contributed by atoms with E-state index in [-0.39, 0.29) is 17.3 Å². The van der Waals surface area contributed by atoms with Gasteiger partial charge in [-0.2, -0.15) is 4.31 Å². The van der Waals surface area contributed by atoms with Crippen LogP contribution in [0, 0.1) is 0 Å². The molecule has 0 saturated carbocycles. The van der Waals surface area contributed by atoms with Crippen LogP contribution < -0.4 is 0 Å². The van der Waals surface area contributed by atoms with Crippen LogP contribution in [0.25, 0.3) is 0 Å². The molecule has 5 nitrogen and oxygen atoms in total. The zero-order chi connectivity index (χ0) is 14.6. The van der Waals surface area contributed by atoms with Gasteiger partial charge in [-0.1, -0.05) is 11.6 Å². The average Bonchev–Trinajstić information content (AvgIpc) is 2.38. The van der Waals surface area contributed by atoms with Crippen molar-refractivity contribution in [2.75, 3.05) is 27.2 Å². The third-order valence-electron chi connectivity index (χ3n) is 2.78. The number of rotatable bonds is 5. The summed E-state index contributed by atoms with van der Waals surface area (Å²) in [6.45, 7) is 2.18. The van der Waals surface area contributed by atoms with E-state index in [1.807, 2.05) is 6.92 Å². The number of likely N-dealkylation sites (N-methyl/N-ethyl adjacent to an activating group) is 2. The Bertz CT molecular complexity index is 543. The Labute approximate surface area is 118 Å². The predicted octanol–water partition coefficient (Wildman–Crippen LogP) is 1.44. The Morgan fingerprint density at radius 1 is 1.21 bits per heavy atom. The van der Waals surface area contributed by atoms with Crippen molar-refractivity contribution in [3.8, 4) is 0 Å². The van der Waals surface area contributed by atoms with Crippen LogP contribution in [0.2, 0.25) is 5.02 Å². The molecule has 0 unspecified atom stereocenters. The van der Waals surface area contributed by atoms with E-state index in [1.54, 1.807) is 7.05 Å². The number of halogens is 1. The van der Waals surface area contributed by atoms with Crippen LogP contribution in [0.4, 0.5) is 0 Å². The van der Waals surface area contributed by atoms with Gasteiger partial charge in [0.05, 0.1) is 11.4 Å². The highest BCUT2D eigenvalue weighted by atomic mass is 35.5. The molecule has 0 aliphatic carbocycles. The Morgan fingerprint density at radius 3 is 2.21 bits per heavy atom. The molecular weight excluding hydrogens is 288 g/mol. The topological polar surface area (TPSA) is 57.7 Å². The first-order valence-corrected chi connectivity index (χ1v) is 7.56. The number of sulfonamides is 1. The van der Waals surface area contributed by atoms with Gasteiger partial charge in [0, 0.05) is 25.7 Å². The fourth-order valence-corrected chi connectivity index (χ4v) is 2.61. The summed E-state index contributed by atoms with van der Waals surface area (Å²) in [5, 5.41) is 0.461. The molecule has 0 aliphatic rings. The zero-order valence-corrected chi connectivity index (χ0v) is 12.7. The SMILES string of the molecule is CCN(C)C(=O)CN(C)S(=O)(=O)c1ccc(Cl)cc1. The summed E-state index contributed by atoms with van der Waals surface area (Å²) in [6.07, 6.45) is 0. The maximum Gasteiger partial charge on any atom is 0.243 e. The highest BCUT2D eigenvalue weighted by Gasteiger charge is 2.23. The van der Waals surface area contributed by atoms with Gasteiger partial charge in [0.1, 0.15) is 0 Å². The summed E-state index contributed by atoms with van der Waals surface area (Å²) in [6, 6.07) is 5.84. The molecule has 0 heterocycles. The van der Waals surface area contributed by atoms with E-state index in [4.69, 9.17) is 11.6 Å². The highest BCUT2D eigenvalue weighted by molar-refractivity contribution is 7.89. The van der Waals surface area contributed by atoms with Gasteiger partial charge in [0.2, 0.25) is 15.9 Å². The Kier molecular flexibility index (Phi) is 5.34. The molecule has 0 N–H and O–H groups in total. The lowest BCUT2D eigenvalue weighted by atomic mass is 10.4. The van der Waals surface area contributed by atoms with Gasteiger partial charge in [-0.05, 0) is 31.2 Å². The van der Waals surface area contributed by atoms with E-state index in [0.29, 0.717) is 11.6 Å². The normalized spacial score (nSPS) is 11.6. The lowest BCUT2D eigenvalue weighted by molar-refractivity contribution is -0.129. The van der Waals surface area contributed by atoms with Crippen LogP contribution >= 0.6 is 11.6 Å². The minimum Gasteiger partial charge on any atom is -0.345 e. The molecule has 0 fully saturated rings. The molecule has 0 radical (unpaired) electrons. The number of amides is 1. The molecule has 1 aromatic carbocycles. The van der Waals surface area contributed by atoms with Crippen LogP contribution in [-0.2, 0) is 14.8 Å². The van der Waals surface area contributed by atoms with E-state index >= 15 is 0 Å². The summed E-state index contributed by atoms with van der Waals surface area (Å²) >= 11 is 5.72. The second kappa shape index (κ2) is 6.36. The van der Waals surface area contributed by atoms with Crippen LogP contribution in [0.1, 0.15) is 6.92 Å². The van der Waals surface area contributed by atoms with E-state index in [1.165, 1.54) is 36.2 Å². The standard InChI is InChI=1S/C12H17ClN2O3S/c1-4-14(2)12(16)9-15(3)19(17,18)11-7-5-10(13)6-8-11/h5-8H,4,9H2,1-3H3. The Morgan fingerprint density at radius 2 is 1.74 bits per heavy atom. The molecule has 0 bridgehead atoms. The first-order chi connectivity index (χ1) is 8.78. The number of nitrogens with zero attached hydrogens (tertiary/aromatic N) is 2. The Balaban J connectivity index is 2.88. The summed E-state index contributed by atoms with van der Waals surface area (Å²) in [5.41, 5.74) is 0. The van der Waals surface area contributed by atoms with Gasteiger partial charge in [0.25, 0.3) is 0 Å². The van der Waals surface area contributed by atoms with Crippen LogP contribution in [0.15, 0.2) is 29.2 Å². The minimum atomic E-state index is -3.67. The monoisotopic (exact) mass is 304 g/mol. The maximum absolute atomic E-state index is 12.2. The third-order valence-corrected chi connectivity index (χ3v) is 4.85. The number of carbonyl (C=O) groups excluding carboxylic acids is 1. The molecule has 0 spiro atoms. The molecule has 19 heavy (non-hydrogen) atoms. The maximum atomic E-state index is 12.2. The van der Waals surface area contributed by atoms with Gasteiger partial charge >= 0.3 is 0 Å². The van der Waals surface area contributed by atoms with Crippen molar-refractivity contribution in [1.82, 2.24) is 9.21 Å². The van der Waals surface area contributed by atoms with E-state index < -0.39 is 10.0 Å². The van der Waals surface area contributed by atoms with Gasteiger partial charge in [0.15, 0.2) is 0 Å².